The molecule has 0 N–H and O–H groups in total. The molecule has 0 fully saturated rings. The van der Waals surface area contributed by atoms with Crippen molar-refractivity contribution < 1.29 is 4.42 Å². The molecule has 0 saturated carbocycles. The Kier molecular flexibility index (Phi) is 3.82. The van der Waals surface area contributed by atoms with E-state index < -0.39 is 0 Å². The minimum Gasteiger partial charge on any atom is -0.422 e. The number of aromatic nitrogens is 2. The van der Waals surface area contributed by atoms with E-state index >= 15 is 0 Å². The number of hydrogen-bond donors (Lipinski definition) is 0. The van der Waals surface area contributed by atoms with Crippen molar-refractivity contribution in [1.29, 1.82) is 0 Å². The van der Waals surface area contributed by atoms with E-state index in [1.54, 1.807) is 6.07 Å². The SMILES string of the molecule is Cc1ncc2c(n1)CCN(Cc1c(Cl)c3ccccc3oc1=O)C2. The fourth-order valence-corrected chi connectivity index (χ4v) is 3.41. The highest BCUT2D eigenvalue weighted by Crippen LogP contribution is 2.27. The summed E-state index contributed by atoms with van der Waals surface area (Å²) in [7, 11) is 0. The monoisotopic (exact) mass is 341 g/mol. The van der Waals surface area contributed by atoms with Crippen LogP contribution in [0.4, 0.5) is 0 Å². The summed E-state index contributed by atoms with van der Waals surface area (Å²) in [5.74, 6) is 0.792. The molecule has 3 aromatic rings. The molecule has 3 heterocycles. The first-order valence-corrected chi connectivity index (χ1v) is 8.23. The number of rotatable bonds is 2. The lowest BCUT2D eigenvalue weighted by atomic mass is 10.1. The molecule has 0 amide bonds. The summed E-state index contributed by atoms with van der Waals surface area (Å²) in [4.78, 5) is 23.2. The van der Waals surface area contributed by atoms with E-state index in [1.165, 1.54) is 0 Å². The second-order valence-electron chi connectivity index (χ2n) is 6.03. The standard InChI is InChI=1S/C18H16ClN3O2/c1-11-20-8-12-9-22(7-6-15(12)21-11)10-14-17(19)13-4-2-3-5-16(13)24-18(14)23/h2-5,8H,6-7,9-10H2,1H3. The van der Waals surface area contributed by atoms with Crippen molar-refractivity contribution in [3.05, 3.63) is 68.6 Å². The lowest BCUT2D eigenvalue weighted by molar-refractivity contribution is 0.239. The Morgan fingerprint density at radius 3 is 3.04 bits per heavy atom. The van der Waals surface area contributed by atoms with Crippen LogP contribution in [-0.2, 0) is 19.5 Å². The van der Waals surface area contributed by atoms with Crippen molar-refractivity contribution in [1.82, 2.24) is 14.9 Å². The molecular formula is C18H16ClN3O2. The van der Waals surface area contributed by atoms with Crippen molar-refractivity contribution in [3.63, 3.8) is 0 Å². The van der Waals surface area contributed by atoms with Gasteiger partial charge in [0.15, 0.2) is 0 Å². The quantitative estimate of drug-likeness (QED) is 0.670. The van der Waals surface area contributed by atoms with Gasteiger partial charge in [-0.3, -0.25) is 4.90 Å². The maximum absolute atomic E-state index is 12.3. The zero-order chi connectivity index (χ0) is 16.7. The Hall–Kier alpha value is -2.24. The number of benzene rings is 1. The van der Waals surface area contributed by atoms with Gasteiger partial charge in [-0.15, -0.1) is 0 Å². The van der Waals surface area contributed by atoms with Gasteiger partial charge in [0.25, 0.3) is 0 Å². The van der Waals surface area contributed by atoms with Gasteiger partial charge < -0.3 is 4.42 Å². The Morgan fingerprint density at radius 2 is 2.17 bits per heavy atom. The van der Waals surface area contributed by atoms with Crippen LogP contribution in [0.5, 0.6) is 0 Å². The molecule has 5 nitrogen and oxygen atoms in total. The number of aryl methyl sites for hydroxylation is 1. The third kappa shape index (κ3) is 2.70. The highest BCUT2D eigenvalue weighted by atomic mass is 35.5. The van der Waals surface area contributed by atoms with Crippen LogP contribution < -0.4 is 5.63 Å². The molecular weight excluding hydrogens is 326 g/mol. The molecule has 0 radical (unpaired) electrons. The van der Waals surface area contributed by atoms with Crippen LogP contribution >= 0.6 is 11.6 Å². The van der Waals surface area contributed by atoms with Gasteiger partial charge in [0, 0.05) is 48.9 Å². The molecule has 0 saturated heterocycles. The van der Waals surface area contributed by atoms with Gasteiger partial charge in [-0.05, 0) is 19.1 Å². The first-order valence-electron chi connectivity index (χ1n) is 7.86. The molecule has 122 valence electrons. The summed E-state index contributed by atoms with van der Waals surface area (Å²) in [6.07, 6.45) is 2.71. The van der Waals surface area contributed by atoms with E-state index in [1.807, 2.05) is 31.3 Å². The lowest BCUT2D eigenvalue weighted by Crippen LogP contribution is -2.32. The Morgan fingerprint density at radius 1 is 1.33 bits per heavy atom. The average molecular weight is 342 g/mol. The maximum Gasteiger partial charge on any atom is 0.342 e. The fraction of sp³-hybridized carbons (Fsp3) is 0.278. The summed E-state index contributed by atoms with van der Waals surface area (Å²) in [5, 5.41) is 1.25. The highest BCUT2D eigenvalue weighted by Gasteiger charge is 2.21. The summed E-state index contributed by atoms with van der Waals surface area (Å²) in [5.41, 5.74) is 2.85. The molecule has 0 unspecified atom stereocenters. The third-order valence-corrected chi connectivity index (χ3v) is 4.78. The van der Waals surface area contributed by atoms with Gasteiger partial charge >= 0.3 is 5.63 Å². The summed E-state index contributed by atoms with van der Waals surface area (Å²) < 4.78 is 5.41. The van der Waals surface area contributed by atoms with Gasteiger partial charge in [-0.25, -0.2) is 14.8 Å². The van der Waals surface area contributed by atoms with Crippen LogP contribution in [0.3, 0.4) is 0 Å². The second-order valence-corrected chi connectivity index (χ2v) is 6.41. The molecule has 24 heavy (non-hydrogen) atoms. The Balaban J connectivity index is 1.66. The lowest BCUT2D eigenvalue weighted by Gasteiger charge is -2.27. The van der Waals surface area contributed by atoms with Crippen molar-refractivity contribution in [2.45, 2.75) is 26.4 Å². The van der Waals surface area contributed by atoms with E-state index in [0.29, 0.717) is 29.3 Å². The largest absolute Gasteiger partial charge is 0.422 e. The third-order valence-electron chi connectivity index (χ3n) is 4.35. The summed E-state index contributed by atoms with van der Waals surface area (Å²) >= 11 is 6.48. The van der Waals surface area contributed by atoms with Gasteiger partial charge in [-0.2, -0.15) is 0 Å². The second kappa shape index (κ2) is 6.00. The minimum absolute atomic E-state index is 0.371. The van der Waals surface area contributed by atoms with Crippen molar-refractivity contribution in [2.75, 3.05) is 6.54 Å². The molecule has 1 aliphatic heterocycles. The number of fused-ring (bicyclic) bond motifs is 2. The predicted octanol–water partition coefficient (Wildman–Crippen LogP) is 3.10. The smallest absolute Gasteiger partial charge is 0.342 e. The van der Waals surface area contributed by atoms with Gasteiger partial charge in [-0.1, -0.05) is 23.7 Å². The molecule has 2 aromatic heterocycles. The normalized spacial score (nSPS) is 14.8. The zero-order valence-electron chi connectivity index (χ0n) is 13.3. The van der Waals surface area contributed by atoms with Crippen molar-refractivity contribution in [3.8, 4) is 0 Å². The molecule has 0 aliphatic carbocycles. The van der Waals surface area contributed by atoms with Gasteiger partial charge in [0.1, 0.15) is 11.4 Å². The number of hydrogen-bond acceptors (Lipinski definition) is 5. The number of nitrogens with zero attached hydrogens (tertiary/aromatic N) is 3. The van der Waals surface area contributed by atoms with Crippen LogP contribution in [0.2, 0.25) is 5.02 Å². The first-order chi connectivity index (χ1) is 11.6. The molecule has 4 rings (SSSR count). The first kappa shape index (κ1) is 15.3. The maximum atomic E-state index is 12.3. The highest BCUT2D eigenvalue weighted by molar-refractivity contribution is 6.35. The van der Waals surface area contributed by atoms with Crippen LogP contribution in [0.25, 0.3) is 11.0 Å². The van der Waals surface area contributed by atoms with Crippen LogP contribution in [0, 0.1) is 6.92 Å². The molecule has 0 atom stereocenters. The van der Waals surface area contributed by atoms with Crippen LogP contribution in [0.15, 0.2) is 39.7 Å². The number of para-hydroxylation sites is 1. The topological polar surface area (TPSA) is 59.2 Å². The Labute approximate surface area is 143 Å². The zero-order valence-corrected chi connectivity index (χ0v) is 14.0. The van der Waals surface area contributed by atoms with E-state index in [9.17, 15) is 4.79 Å². The molecule has 0 bridgehead atoms. The van der Waals surface area contributed by atoms with Gasteiger partial charge in [0.05, 0.1) is 10.6 Å². The number of halogens is 1. The Bertz CT molecular complexity index is 984. The van der Waals surface area contributed by atoms with E-state index in [0.717, 1.165) is 35.4 Å². The minimum atomic E-state index is -0.371. The van der Waals surface area contributed by atoms with E-state index in [4.69, 9.17) is 16.0 Å². The van der Waals surface area contributed by atoms with Gasteiger partial charge in [0.2, 0.25) is 0 Å². The summed E-state index contributed by atoms with van der Waals surface area (Å²) in [6.45, 7) is 3.89. The summed E-state index contributed by atoms with van der Waals surface area (Å²) in [6, 6.07) is 7.33. The predicted molar refractivity (Wildman–Crippen MR) is 92.1 cm³/mol. The van der Waals surface area contributed by atoms with Crippen molar-refractivity contribution >= 4 is 22.6 Å². The van der Waals surface area contributed by atoms with Crippen molar-refractivity contribution in [2.24, 2.45) is 0 Å². The average Bonchev–Trinajstić information content (AvgIpc) is 2.58. The van der Waals surface area contributed by atoms with Crippen LogP contribution in [0.1, 0.15) is 22.6 Å². The van der Waals surface area contributed by atoms with E-state index in [-0.39, 0.29) is 5.63 Å². The van der Waals surface area contributed by atoms with E-state index in [2.05, 4.69) is 14.9 Å². The molecule has 1 aromatic carbocycles. The van der Waals surface area contributed by atoms with Crippen LogP contribution in [-0.4, -0.2) is 21.4 Å². The molecule has 6 heteroatoms. The molecule has 1 aliphatic rings. The molecule has 0 spiro atoms. The fourth-order valence-electron chi connectivity index (χ4n) is 3.12.